The Labute approximate surface area is 111 Å². The van der Waals surface area contributed by atoms with Crippen molar-refractivity contribution < 1.29 is 22.3 Å². The summed E-state index contributed by atoms with van der Waals surface area (Å²) < 4.78 is 58.6. The maximum Gasteiger partial charge on any atom is 0.203 e. The standard InChI is InChI=1S/C12H11F4N3O/c13-7-6-8(14)11(16)12(10(7)15)20-5-1-3-19-4-2-9(17)18-19/h2,4,6H,1,3,5H2,(H2,17,18). The van der Waals surface area contributed by atoms with Gasteiger partial charge in [-0.25, -0.2) is 8.78 Å². The molecule has 1 aromatic carbocycles. The highest BCUT2D eigenvalue weighted by molar-refractivity contribution is 5.28. The largest absolute Gasteiger partial charge is 0.487 e. The summed E-state index contributed by atoms with van der Waals surface area (Å²) in [4.78, 5) is 0. The normalized spacial score (nSPS) is 10.8. The molecule has 0 spiro atoms. The smallest absolute Gasteiger partial charge is 0.203 e. The summed E-state index contributed by atoms with van der Waals surface area (Å²) in [5.74, 6) is -6.81. The molecule has 0 fully saturated rings. The van der Waals surface area contributed by atoms with Crippen molar-refractivity contribution in [3.05, 3.63) is 41.6 Å². The van der Waals surface area contributed by atoms with Crippen LogP contribution in [0.1, 0.15) is 6.42 Å². The SMILES string of the molecule is Nc1ccn(CCCOc2c(F)c(F)cc(F)c2F)n1. The molecule has 1 aromatic heterocycles. The molecule has 1 heterocycles. The van der Waals surface area contributed by atoms with E-state index in [0.29, 0.717) is 18.8 Å². The molecule has 4 nitrogen and oxygen atoms in total. The zero-order valence-corrected chi connectivity index (χ0v) is 10.2. The summed E-state index contributed by atoms with van der Waals surface area (Å²) in [6.45, 7) is 0.259. The van der Waals surface area contributed by atoms with Crippen LogP contribution in [0.4, 0.5) is 23.4 Å². The third kappa shape index (κ3) is 3.01. The van der Waals surface area contributed by atoms with Crippen LogP contribution in [-0.4, -0.2) is 16.4 Å². The number of hydrogen-bond donors (Lipinski definition) is 1. The minimum atomic E-state index is -1.55. The molecular weight excluding hydrogens is 278 g/mol. The van der Waals surface area contributed by atoms with Gasteiger partial charge in [0.25, 0.3) is 0 Å². The third-order valence-corrected chi connectivity index (χ3v) is 2.51. The number of ether oxygens (including phenoxy) is 1. The van der Waals surface area contributed by atoms with Gasteiger partial charge in [0.1, 0.15) is 5.82 Å². The van der Waals surface area contributed by atoms with E-state index in [0.717, 1.165) is 0 Å². The second-order valence-electron chi connectivity index (χ2n) is 4.00. The zero-order chi connectivity index (χ0) is 14.7. The van der Waals surface area contributed by atoms with Crippen molar-refractivity contribution in [1.29, 1.82) is 0 Å². The molecule has 0 atom stereocenters. The lowest BCUT2D eigenvalue weighted by Gasteiger charge is -2.09. The van der Waals surface area contributed by atoms with Gasteiger partial charge in [-0.2, -0.15) is 13.9 Å². The molecule has 0 amide bonds. The fourth-order valence-electron chi connectivity index (χ4n) is 1.58. The Hall–Kier alpha value is -2.25. The molecule has 0 aliphatic rings. The summed E-state index contributed by atoms with van der Waals surface area (Å²) in [6.07, 6.45) is 1.95. The van der Waals surface area contributed by atoms with Crippen LogP contribution in [0.2, 0.25) is 0 Å². The first-order valence-electron chi connectivity index (χ1n) is 5.73. The van der Waals surface area contributed by atoms with Crippen LogP contribution in [0.25, 0.3) is 0 Å². The first-order chi connectivity index (χ1) is 9.49. The highest BCUT2D eigenvalue weighted by Crippen LogP contribution is 2.26. The Morgan fingerprint density at radius 1 is 1.15 bits per heavy atom. The third-order valence-electron chi connectivity index (χ3n) is 2.51. The van der Waals surface area contributed by atoms with Gasteiger partial charge in [0, 0.05) is 25.2 Å². The first-order valence-corrected chi connectivity index (χ1v) is 5.73. The summed E-state index contributed by atoms with van der Waals surface area (Å²) in [7, 11) is 0. The van der Waals surface area contributed by atoms with Gasteiger partial charge in [-0.15, -0.1) is 0 Å². The van der Waals surface area contributed by atoms with Crippen molar-refractivity contribution in [3.63, 3.8) is 0 Å². The molecule has 0 bridgehead atoms. The quantitative estimate of drug-likeness (QED) is 0.522. The lowest BCUT2D eigenvalue weighted by atomic mass is 10.3. The Bertz CT molecular complexity index is 589. The van der Waals surface area contributed by atoms with Crippen molar-refractivity contribution >= 4 is 5.82 Å². The molecule has 0 aliphatic carbocycles. The molecule has 2 aromatic rings. The maximum absolute atomic E-state index is 13.3. The average Bonchev–Trinajstić information content (AvgIpc) is 2.81. The molecule has 108 valence electrons. The fourth-order valence-corrected chi connectivity index (χ4v) is 1.58. The molecule has 0 saturated carbocycles. The molecule has 2 rings (SSSR count). The Morgan fingerprint density at radius 2 is 1.80 bits per heavy atom. The number of nitrogens with zero attached hydrogens (tertiary/aromatic N) is 2. The predicted molar refractivity (Wildman–Crippen MR) is 63.0 cm³/mol. The summed E-state index contributed by atoms with van der Waals surface area (Å²) in [5.41, 5.74) is 5.40. The van der Waals surface area contributed by atoms with Gasteiger partial charge in [0.15, 0.2) is 17.4 Å². The number of benzene rings is 1. The van der Waals surface area contributed by atoms with Crippen LogP contribution in [0.5, 0.6) is 5.75 Å². The second kappa shape index (κ2) is 5.81. The molecule has 8 heteroatoms. The summed E-state index contributed by atoms with van der Waals surface area (Å²) in [6, 6.07) is 1.71. The van der Waals surface area contributed by atoms with E-state index in [1.165, 1.54) is 4.68 Å². The van der Waals surface area contributed by atoms with Gasteiger partial charge in [-0.05, 0) is 6.07 Å². The van der Waals surface area contributed by atoms with Crippen molar-refractivity contribution in [2.75, 3.05) is 12.3 Å². The van der Waals surface area contributed by atoms with Crippen molar-refractivity contribution in [2.45, 2.75) is 13.0 Å². The van der Waals surface area contributed by atoms with E-state index in [9.17, 15) is 17.6 Å². The van der Waals surface area contributed by atoms with Gasteiger partial charge in [-0.3, -0.25) is 4.68 Å². The predicted octanol–water partition coefficient (Wildman–Crippen LogP) is 2.49. The van der Waals surface area contributed by atoms with E-state index in [4.69, 9.17) is 10.5 Å². The van der Waals surface area contributed by atoms with Gasteiger partial charge < -0.3 is 10.5 Å². The number of rotatable bonds is 5. The van der Waals surface area contributed by atoms with Crippen molar-refractivity contribution in [2.24, 2.45) is 0 Å². The molecule has 0 saturated heterocycles. The molecule has 0 radical (unpaired) electrons. The molecule has 20 heavy (non-hydrogen) atoms. The van der Waals surface area contributed by atoms with Gasteiger partial charge in [-0.1, -0.05) is 0 Å². The topological polar surface area (TPSA) is 53.1 Å². The van der Waals surface area contributed by atoms with Crippen LogP contribution in [0, 0.1) is 23.3 Å². The van der Waals surface area contributed by atoms with Crippen molar-refractivity contribution in [3.8, 4) is 5.75 Å². The van der Waals surface area contributed by atoms with Gasteiger partial charge in [0.05, 0.1) is 6.61 Å². The summed E-state index contributed by atoms with van der Waals surface area (Å²) in [5, 5.41) is 3.89. The van der Waals surface area contributed by atoms with Crippen LogP contribution < -0.4 is 10.5 Å². The first kappa shape index (κ1) is 14.2. The fraction of sp³-hybridized carbons (Fsp3) is 0.250. The minimum absolute atomic E-state index is 0.128. The highest BCUT2D eigenvalue weighted by atomic mass is 19.2. The van der Waals surface area contributed by atoms with Crippen LogP contribution in [0.3, 0.4) is 0 Å². The number of hydrogen-bond acceptors (Lipinski definition) is 3. The molecular formula is C12H11F4N3O. The monoisotopic (exact) mass is 289 g/mol. The molecule has 0 unspecified atom stereocenters. The number of aromatic nitrogens is 2. The van der Waals surface area contributed by atoms with E-state index < -0.39 is 29.0 Å². The van der Waals surface area contributed by atoms with Crippen LogP contribution in [0.15, 0.2) is 18.3 Å². The summed E-state index contributed by atoms with van der Waals surface area (Å²) >= 11 is 0. The van der Waals surface area contributed by atoms with Crippen LogP contribution >= 0.6 is 0 Å². The average molecular weight is 289 g/mol. The maximum atomic E-state index is 13.3. The molecule has 2 N–H and O–H groups in total. The zero-order valence-electron chi connectivity index (χ0n) is 10.2. The number of nitrogen functional groups attached to an aromatic ring is 1. The van der Waals surface area contributed by atoms with E-state index in [2.05, 4.69) is 5.10 Å². The Kier molecular flexibility index (Phi) is 4.11. The number of nitrogens with two attached hydrogens (primary N) is 1. The van der Waals surface area contributed by atoms with Gasteiger partial charge >= 0.3 is 0 Å². The molecule has 0 aliphatic heterocycles. The Balaban J connectivity index is 1.94. The second-order valence-corrected chi connectivity index (χ2v) is 4.00. The van der Waals surface area contributed by atoms with E-state index >= 15 is 0 Å². The van der Waals surface area contributed by atoms with Crippen LogP contribution in [-0.2, 0) is 6.54 Å². The number of halogens is 4. The highest BCUT2D eigenvalue weighted by Gasteiger charge is 2.20. The lowest BCUT2D eigenvalue weighted by Crippen LogP contribution is -2.08. The lowest BCUT2D eigenvalue weighted by molar-refractivity contribution is 0.260. The number of anilines is 1. The number of aryl methyl sites for hydroxylation is 1. The van der Waals surface area contributed by atoms with Gasteiger partial charge in [0.2, 0.25) is 11.6 Å². The van der Waals surface area contributed by atoms with E-state index in [1.54, 1.807) is 12.3 Å². The Morgan fingerprint density at radius 3 is 2.35 bits per heavy atom. The van der Waals surface area contributed by atoms with E-state index in [-0.39, 0.29) is 12.7 Å². The minimum Gasteiger partial charge on any atom is -0.487 e. The van der Waals surface area contributed by atoms with E-state index in [1.807, 2.05) is 0 Å². The van der Waals surface area contributed by atoms with Crippen molar-refractivity contribution in [1.82, 2.24) is 9.78 Å².